The molecule has 0 spiro atoms. The van der Waals surface area contributed by atoms with Crippen LogP contribution in [-0.4, -0.2) is 60.9 Å². The largest absolute Gasteiger partial charge is 0.469 e. The topological polar surface area (TPSA) is 99.1 Å². The second-order valence-corrected chi connectivity index (χ2v) is 6.57. The summed E-state index contributed by atoms with van der Waals surface area (Å²) in [4.78, 5) is 34.1. The number of aliphatic hydroxyl groups is 1. The first-order valence-electron chi connectivity index (χ1n) is 6.92. The lowest BCUT2D eigenvalue weighted by atomic mass is 9.97. The van der Waals surface area contributed by atoms with Crippen molar-refractivity contribution in [3.63, 3.8) is 0 Å². The minimum absolute atomic E-state index is 0.0404. The Balaban J connectivity index is 3.93. The zero-order valence-electron chi connectivity index (χ0n) is 13.9. The molecule has 0 bridgehead atoms. The first-order chi connectivity index (χ1) is 10.6. The number of ether oxygens (including phenoxy) is 3. The van der Waals surface area contributed by atoms with Gasteiger partial charge < -0.3 is 19.3 Å². The van der Waals surface area contributed by atoms with Crippen LogP contribution in [-0.2, 0) is 28.6 Å². The molecule has 0 saturated carbocycles. The van der Waals surface area contributed by atoms with Crippen molar-refractivity contribution < 1.29 is 33.7 Å². The van der Waals surface area contributed by atoms with Gasteiger partial charge in [-0.15, -0.1) is 11.8 Å². The van der Waals surface area contributed by atoms with Gasteiger partial charge in [-0.25, -0.2) is 4.79 Å². The Kier molecular flexibility index (Phi) is 9.59. The molecular weight excluding hydrogens is 324 g/mol. The van der Waals surface area contributed by atoms with E-state index in [1.54, 1.807) is 13.8 Å². The third-order valence-corrected chi connectivity index (χ3v) is 3.98. The molecule has 0 radical (unpaired) electrons. The summed E-state index contributed by atoms with van der Waals surface area (Å²) in [7, 11) is 1.31. The fraction of sp³-hybridized carbons (Fsp3) is 0.667. The predicted molar refractivity (Wildman–Crippen MR) is 85.9 cm³/mol. The number of carbonyl (C=O) groups excluding carboxylic acids is 3. The van der Waals surface area contributed by atoms with E-state index in [9.17, 15) is 19.5 Å². The molecule has 1 atom stereocenters. The molecule has 0 aromatic heterocycles. The zero-order valence-corrected chi connectivity index (χ0v) is 14.7. The number of carbonyl (C=O) groups is 3. The van der Waals surface area contributed by atoms with Crippen molar-refractivity contribution in [2.75, 3.05) is 31.8 Å². The van der Waals surface area contributed by atoms with Crippen molar-refractivity contribution in [1.29, 1.82) is 0 Å². The molecule has 7 nitrogen and oxygen atoms in total. The van der Waals surface area contributed by atoms with Gasteiger partial charge >= 0.3 is 17.9 Å². The lowest BCUT2D eigenvalue weighted by Crippen LogP contribution is -2.29. The van der Waals surface area contributed by atoms with Gasteiger partial charge in [0.15, 0.2) is 0 Å². The van der Waals surface area contributed by atoms with E-state index in [0.29, 0.717) is 5.75 Å². The highest BCUT2D eigenvalue weighted by molar-refractivity contribution is 7.99. The van der Waals surface area contributed by atoms with Gasteiger partial charge in [0.1, 0.15) is 19.3 Å². The normalized spacial score (nSPS) is 12.2. The molecular formula is C15H24O7S. The van der Waals surface area contributed by atoms with Gasteiger partial charge in [-0.2, -0.15) is 0 Å². The molecule has 0 aliphatic carbocycles. The lowest BCUT2D eigenvalue weighted by molar-refractivity contribution is -0.150. The Hall–Kier alpha value is -1.54. The van der Waals surface area contributed by atoms with Crippen LogP contribution in [0.3, 0.4) is 0 Å². The summed E-state index contributed by atoms with van der Waals surface area (Å²) in [5.41, 5.74) is -0.477. The van der Waals surface area contributed by atoms with Crippen LogP contribution >= 0.6 is 11.8 Å². The molecule has 0 aliphatic heterocycles. The van der Waals surface area contributed by atoms with Crippen LogP contribution in [0.2, 0.25) is 0 Å². The summed E-state index contributed by atoms with van der Waals surface area (Å²) in [5, 5.41) is 9.54. The summed E-state index contributed by atoms with van der Waals surface area (Å²) in [6.45, 7) is 7.78. The van der Waals surface area contributed by atoms with E-state index < -0.39 is 23.5 Å². The van der Waals surface area contributed by atoms with Crippen molar-refractivity contribution >= 4 is 29.7 Å². The molecule has 1 N–H and O–H groups in total. The fourth-order valence-corrected chi connectivity index (χ4v) is 2.28. The van der Waals surface area contributed by atoms with E-state index in [-0.39, 0.29) is 30.5 Å². The van der Waals surface area contributed by atoms with Crippen LogP contribution < -0.4 is 0 Å². The number of methoxy groups -OCH3 is 1. The second kappa shape index (κ2) is 10.3. The number of rotatable bonds is 10. The molecule has 132 valence electrons. The van der Waals surface area contributed by atoms with Gasteiger partial charge in [-0.05, 0) is 20.8 Å². The molecule has 0 aromatic carbocycles. The van der Waals surface area contributed by atoms with Crippen LogP contribution in [0.15, 0.2) is 12.2 Å². The molecule has 0 fully saturated rings. The SMILES string of the molecule is C=C(C)C(=O)OCC(O)COC(=O)CSCC(C)(C)C(=O)OC. The summed E-state index contributed by atoms with van der Waals surface area (Å²) in [6.07, 6.45) is -1.10. The van der Waals surface area contributed by atoms with Gasteiger partial charge in [-0.1, -0.05) is 6.58 Å². The first kappa shape index (κ1) is 21.5. The highest BCUT2D eigenvalue weighted by Crippen LogP contribution is 2.23. The highest BCUT2D eigenvalue weighted by atomic mass is 32.2. The average Bonchev–Trinajstić information content (AvgIpc) is 2.49. The van der Waals surface area contributed by atoms with Gasteiger partial charge in [0, 0.05) is 11.3 Å². The van der Waals surface area contributed by atoms with Gasteiger partial charge in [0.05, 0.1) is 18.3 Å². The third-order valence-electron chi connectivity index (χ3n) is 2.61. The Morgan fingerprint density at radius 1 is 1.22 bits per heavy atom. The number of esters is 3. The van der Waals surface area contributed by atoms with E-state index in [2.05, 4.69) is 11.3 Å². The van der Waals surface area contributed by atoms with Crippen LogP contribution in [0.4, 0.5) is 0 Å². The number of thioether (sulfide) groups is 1. The van der Waals surface area contributed by atoms with Crippen molar-refractivity contribution in [3.05, 3.63) is 12.2 Å². The van der Waals surface area contributed by atoms with Crippen LogP contribution in [0.25, 0.3) is 0 Å². The molecule has 0 amide bonds. The van der Waals surface area contributed by atoms with Gasteiger partial charge in [-0.3, -0.25) is 9.59 Å². The molecule has 0 saturated heterocycles. The molecule has 0 heterocycles. The second-order valence-electron chi connectivity index (χ2n) is 5.58. The van der Waals surface area contributed by atoms with E-state index >= 15 is 0 Å². The fourth-order valence-electron chi connectivity index (χ4n) is 1.30. The molecule has 0 rings (SSSR count). The minimum Gasteiger partial charge on any atom is -0.469 e. The highest BCUT2D eigenvalue weighted by Gasteiger charge is 2.28. The average molecular weight is 348 g/mol. The van der Waals surface area contributed by atoms with Crippen molar-refractivity contribution in [2.45, 2.75) is 26.9 Å². The van der Waals surface area contributed by atoms with E-state index in [1.165, 1.54) is 25.8 Å². The number of aliphatic hydroxyl groups excluding tert-OH is 1. The lowest BCUT2D eigenvalue weighted by Gasteiger charge is -2.20. The Bertz CT molecular complexity index is 445. The maximum absolute atomic E-state index is 11.5. The molecule has 0 aliphatic rings. The summed E-state index contributed by atoms with van der Waals surface area (Å²) < 4.78 is 14.2. The first-order valence-corrected chi connectivity index (χ1v) is 8.08. The molecule has 8 heteroatoms. The third kappa shape index (κ3) is 9.25. The maximum atomic E-state index is 11.5. The molecule has 0 aromatic rings. The number of hydrogen-bond donors (Lipinski definition) is 1. The van der Waals surface area contributed by atoms with E-state index in [0.717, 1.165) is 0 Å². The van der Waals surface area contributed by atoms with Gasteiger partial charge in [0.2, 0.25) is 0 Å². The predicted octanol–water partition coefficient (Wildman–Crippen LogP) is 0.942. The Morgan fingerprint density at radius 3 is 2.30 bits per heavy atom. The molecule has 1 unspecified atom stereocenters. The standard InChI is InChI=1S/C15H24O7S/c1-10(2)13(18)22-7-11(16)6-21-12(17)8-23-9-15(3,4)14(19)20-5/h11,16H,1,6-9H2,2-5H3. The Morgan fingerprint density at radius 2 is 1.78 bits per heavy atom. The minimum atomic E-state index is -1.10. The summed E-state index contributed by atoms with van der Waals surface area (Å²) in [5.74, 6) is -1.06. The van der Waals surface area contributed by atoms with Crippen molar-refractivity contribution in [2.24, 2.45) is 5.41 Å². The maximum Gasteiger partial charge on any atom is 0.333 e. The quantitative estimate of drug-likeness (QED) is 0.354. The van der Waals surface area contributed by atoms with Crippen molar-refractivity contribution in [1.82, 2.24) is 0 Å². The van der Waals surface area contributed by atoms with Crippen molar-refractivity contribution in [3.8, 4) is 0 Å². The van der Waals surface area contributed by atoms with E-state index in [1.807, 2.05) is 0 Å². The molecule has 23 heavy (non-hydrogen) atoms. The van der Waals surface area contributed by atoms with Crippen LogP contribution in [0.5, 0.6) is 0 Å². The van der Waals surface area contributed by atoms with Gasteiger partial charge in [0.25, 0.3) is 0 Å². The smallest absolute Gasteiger partial charge is 0.333 e. The summed E-state index contributed by atoms with van der Waals surface area (Å²) in [6, 6.07) is 0. The Labute approximate surface area is 140 Å². The monoisotopic (exact) mass is 348 g/mol. The zero-order chi connectivity index (χ0) is 18.0. The van der Waals surface area contributed by atoms with E-state index in [4.69, 9.17) is 9.47 Å². The van der Waals surface area contributed by atoms with Crippen LogP contribution in [0, 0.1) is 5.41 Å². The summed E-state index contributed by atoms with van der Waals surface area (Å²) >= 11 is 1.23. The number of hydrogen-bond acceptors (Lipinski definition) is 8. The van der Waals surface area contributed by atoms with Crippen LogP contribution in [0.1, 0.15) is 20.8 Å².